The van der Waals surface area contributed by atoms with E-state index in [1.165, 1.54) is 4.57 Å². The van der Waals surface area contributed by atoms with E-state index < -0.39 is 15.7 Å². The van der Waals surface area contributed by atoms with Gasteiger partial charge in [0.05, 0.1) is 11.9 Å². The van der Waals surface area contributed by atoms with Crippen molar-refractivity contribution in [2.45, 2.75) is 89.3 Å². The van der Waals surface area contributed by atoms with Crippen LogP contribution in [0.15, 0.2) is 9.59 Å². The maximum Gasteiger partial charge on any atom is 0.332 e. The molecule has 2 bridgehead atoms. The van der Waals surface area contributed by atoms with Gasteiger partial charge < -0.3 is 4.98 Å². The summed E-state index contributed by atoms with van der Waals surface area (Å²) in [5, 5.41) is 0. The van der Waals surface area contributed by atoms with E-state index in [0.29, 0.717) is 49.9 Å². The molecule has 2 heterocycles. The summed E-state index contributed by atoms with van der Waals surface area (Å²) in [6.07, 6.45) is 6.69. The van der Waals surface area contributed by atoms with Crippen molar-refractivity contribution in [2.24, 2.45) is 0 Å². The molecular weight excluding hydrogens is 408 g/mol. The van der Waals surface area contributed by atoms with E-state index in [-0.39, 0.29) is 16.7 Å². The normalized spacial score (nSPS) is 26.5. The molecule has 0 aromatic carbocycles. The highest BCUT2D eigenvalue weighted by Crippen LogP contribution is 2.54. The van der Waals surface area contributed by atoms with Crippen LogP contribution < -0.4 is 11.2 Å². The maximum atomic E-state index is 13.0. The number of imidazole rings is 1. The molecule has 3 fully saturated rings. The maximum absolute atomic E-state index is 13.0. The van der Waals surface area contributed by atoms with Crippen molar-refractivity contribution in [1.29, 1.82) is 0 Å². The lowest BCUT2D eigenvalue weighted by atomic mass is 9.58. The molecule has 0 saturated heterocycles. The number of nitrogens with one attached hydrogen (secondary N) is 1. The zero-order chi connectivity index (χ0) is 21.7. The molecule has 3 saturated carbocycles. The lowest BCUT2D eigenvalue weighted by Crippen LogP contribution is -2.50. The first-order valence-electron chi connectivity index (χ1n) is 10.8. The highest BCUT2D eigenvalue weighted by molar-refractivity contribution is 7.86. The summed E-state index contributed by atoms with van der Waals surface area (Å²) in [6, 6.07) is 0. The third kappa shape index (κ3) is 3.43. The van der Waals surface area contributed by atoms with Crippen LogP contribution in [0, 0.1) is 0 Å². The molecule has 0 spiro atoms. The van der Waals surface area contributed by atoms with Gasteiger partial charge in [-0.05, 0) is 51.4 Å². The number of rotatable bonds is 7. The van der Waals surface area contributed by atoms with Gasteiger partial charge in [0.25, 0.3) is 15.7 Å². The fraction of sp³-hybridized carbons (Fsp3) is 0.750. The van der Waals surface area contributed by atoms with E-state index in [1.54, 1.807) is 4.57 Å². The molecule has 30 heavy (non-hydrogen) atoms. The number of nitrogens with zero attached hydrogens (tertiary/aromatic N) is 3. The number of H-pyrrole nitrogens is 1. The Kier molecular flexibility index (Phi) is 5.21. The predicted octanol–water partition coefficient (Wildman–Crippen LogP) is 2.03. The number of aromatic amines is 1. The first-order valence-corrected chi connectivity index (χ1v) is 12.6. The summed E-state index contributed by atoms with van der Waals surface area (Å²) in [4.78, 5) is 33.9. The van der Waals surface area contributed by atoms with E-state index in [1.807, 2.05) is 13.8 Å². The predicted molar refractivity (Wildman–Crippen MR) is 113 cm³/mol. The van der Waals surface area contributed by atoms with Crippen LogP contribution in [0.2, 0.25) is 0 Å². The fourth-order valence-corrected chi connectivity index (χ4v) is 6.11. The number of hydrogen-bond acceptors (Lipinski definition) is 6. The van der Waals surface area contributed by atoms with Gasteiger partial charge in [-0.1, -0.05) is 13.8 Å². The Balaban J connectivity index is 1.77. The van der Waals surface area contributed by atoms with Crippen LogP contribution >= 0.6 is 0 Å². The first-order chi connectivity index (χ1) is 14.1. The quantitative estimate of drug-likeness (QED) is 0.661. The van der Waals surface area contributed by atoms with Gasteiger partial charge in [-0.2, -0.15) is 8.42 Å². The van der Waals surface area contributed by atoms with E-state index in [0.717, 1.165) is 37.8 Å². The topological polar surface area (TPSA) is 116 Å². The molecule has 5 rings (SSSR count). The Labute approximate surface area is 175 Å². The molecule has 0 amide bonds. The van der Waals surface area contributed by atoms with Crippen LogP contribution in [-0.4, -0.2) is 39.4 Å². The summed E-state index contributed by atoms with van der Waals surface area (Å²) in [6.45, 7) is 4.81. The van der Waals surface area contributed by atoms with Crippen molar-refractivity contribution in [3.8, 4) is 0 Å². The van der Waals surface area contributed by atoms with Crippen LogP contribution in [0.3, 0.4) is 0 Å². The lowest BCUT2D eigenvalue weighted by Gasteiger charge is -2.51. The summed E-state index contributed by atoms with van der Waals surface area (Å²) >= 11 is 0. The number of aromatic nitrogens is 4. The summed E-state index contributed by atoms with van der Waals surface area (Å²) in [5.41, 5.74) is -0.662. The van der Waals surface area contributed by atoms with Crippen LogP contribution in [0.1, 0.15) is 71.0 Å². The summed E-state index contributed by atoms with van der Waals surface area (Å²) < 4.78 is 31.7. The molecule has 0 radical (unpaired) electrons. The second kappa shape index (κ2) is 7.33. The minimum Gasteiger partial charge on any atom is -0.336 e. The molecule has 1 N–H and O–H groups in total. The second-order valence-electron chi connectivity index (χ2n) is 8.93. The van der Waals surface area contributed by atoms with Gasteiger partial charge in [-0.3, -0.25) is 18.1 Å². The van der Waals surface area contributed by atoms with Crippen LogP contribution in [0.25, 0.3) is 11.2 Å². The molecule has 0 aliphatic heterocycles. The van der Waals surface area contributed by atoms with Crippen LogP contribution in [0.4, 0.5) is 0 Å². The van der Waals surface area contributed by atoms with Crippen LogP contribution in [0.5, 0.6) is 0 Å². The average molecular weight is 439 g/mol. The third-order valence-electron chi connectivity index (χ3n) is 6.76. The lowest BCUT2D eigenvalue weighted by molar-refractivity contribution is -0.0423. The summed E-state index contributed by atoms with van der Waals surface area (Å²) in [5.74, 6) is 0.737. The number of hydrogen-bond donors (Lipinski definition) is 1. The Morgan fingerprint density at radius 3 is 2.10 bits per heavy atom. The second-order valence-corrected chi connectivity index (χ2v) is 10.5. The van der Waals surface area contributed by atoms with E-state index in [4.69, 9.17) is 9.17 Å². The molecule has 3 aliphatic rings. The Hall–Kier alpha value is -1.94. The van der Waals surface area contributed by atoms with Crippen molar-refractivity contribution >= 4 is 21.3 Å². The minimum atomic E-state index is -3.51. The van der Waals surface area contributed by atoms with E-state index >= 15 is 0 Å². The zero-order valence-electron chi connectivity index (χ0n) is 17.9. The Morgan fingerprint density at radius 1 is 1.00 bits per heavy atom. The van der Waals surface area contributed by atoms with Gasteiger partial charge >= 0.3 is 5.69 Å². The minimum absolute atomic E-state index is 0.239. The van der Waals surface area contributed by atoms with Crippen molar-refractivity contribution in [3.63, 3.8) is 0 Å². The summed E-state index contributed by atoms with van der Waals surface area (Å²) in [7, 11) is -3.51. The molecule has 2 aromatic rings. The number of aryl methyl sites for hydroxylation is 1. The molecule has 9 nitrogen and oxygen atoms in total. The van der Waals surface area contributed by atoms with Crippen molar-refractivity contribution in [2.75, 3.05) is 6.26 Å². The monoisotopic (exact) mass is 438 g/mol. The zero-order valence-corrected chi connectivity index (χ0v) is 18.7. The van der Waals surface area contributed by atoms with Crippen molar-refractivity contribution in [1.82, 2.24) is 19.1 Å². The largest absolute Gasteiger partial charge is 0.336 e. The SMILES string of the molecule is CCCn1c(=O)c2[nH]c(C34CCC(OS(C)(=O)=O)(CC3)CC4)nc2n(CCC)c1=O. The molecule has 0 atom stereocenters. The molecular formula is C20H30N4O5S. The highest BCUT2D eigenvalue weighted by Gasteiger charge is 2.53. The average Bonchev–Trinajstić information content (AvgIpc) is 3.14. The third-order valence-corrected chi connectivity index (χ3v) is 7.42. The Bertz CT molecular complexity index is 1170. The van der Waals surface area contributed by atoms with Crippen LogP contribution in [-0.2, 0) is 32.8 Å². The molecule has 2 aromatic heterocycles. The van der Waals surface area contributed by atoms with Gasteiger partial charge in [-0.25, -0.2) is 9.78 Å². The van der Waals surface area contributed by atoms with Gasteiger partial charge in [0, 0.05) is 18.5 Å². The van der Waals surface area contributed by atoms with Gasteiger partial charge in [-0.15, -0.1) is 0 Å². The van der Waals surface area contributed by atoms with Gasteiger partial charge in [0.15, 0.2) is 5.65 Å². The van der Waals surface area contributed by atoms with Gasteiger partial charge in [0.2, 0.25) is 0 Å². The fourth-order valence-electron chi connectivity index (χ4n) is 5.22. The van der Waals surface area contributed by atoms with Gasteiger partial charge in [0.1, 0.15) is 11.3 Å². The first kappa shape index (κ1) is 21.3. The number of fused-ring (bicyclic) bond motifs is 4. The van der Waals surface area contributed by atoms with E-state index in [9.17, 15) is 18.0 Å². The Morgan fingerprint density at radius 2 is 1.57 bits per heavy atom. The van der Waals surface area contributed by atoms with Crippen molar-refractivity contribution in [3.05, 3.63) is 26.7 Å². The van der Waals surface area contributed by atoms with E-state index in [2.05, 4.69) is 4.98 Å². The molecule has 3 aliphatic carbocycles. The highest BCUT2D eigenvalue weighted by atomic mass is 32.2. The smallest absolute Gasteiger partial charge is 0.332 e. The standard InChI is InChI=1S/C20H30N4O5S/c1-4-12-23-15-14(16(25)24(13-5-2)18(23)26)21-17(22-15)19-6-9-20(10-7-19,11-8-19)29-30(3,27)28/h4-13H2,1-3H3,(H,21,22). The molecule has 0 unspecified atom stereocenters. The molecule has 166 valence electrons. The van der Waals surface area contributed by atoms with Crippen molar-refractivity contribution < 1.29 is 12.6 Å². The molecule has 10 heteroatoms.